The molecular weight excluding hydrogens is 381 g/mol. The first-order chi connectivity index (χ1) is 13.7. The molecule has 1 amide bonds. The Labute approximate surface area is 168 Å². The molecule has 0 bridgehead atoms. The van der Waals surface area contributed by atoms with Crippen LogP contribution in [0.4, 0.5) is 13.2 Å². The van der Waals surface area contributed by atoms with Gasteiger partial charge in [-0.2, -0.15) is 0 Å². The highest BCUT2D eigenvalue weighted by molar-refractivity contribution is 5.79. The smallest absolute Gasteiger partial charge is 0.406 e. The molecule has 1 heterocycles. The van der Waals surface area contributed by atoms with E-state index in [-0.39, 0.29) is 17.6 Å². The van der Waals surface area contributed by atoms with Gasteiger partial charge in [-0.3, -0.25) is 9.69 Å². The van der Waals surface area contributed by atoms with Crippen molar-refractivity contribution in [3.8, 4) is 5.75 Å². The van der Waals surface area contributed by atoms with E-state index in [4.69, 9.17) is 0 Å². The number of rotatable bonds is 7. The van der Waals surface area contributed by atoms with Crippen LogP contribution >= 0.6 is 0 Å². The van der Waals surface area contributed by atoms with Crippen LogP contribution in [0.3, 0.4) is 0 Å². The minimum Gasteiger partial charge on any atom is -0.406 e. The Balaban J connectivity index is 1.53. The van der Waals surface area contributed by atoms with Gasteiger partial charge in [0.2, 0.25) is 5.91 Å². The van der Waals surface area contributed by atoms with Gasteiger partial charge in [0.15, 0.2) is 0 Å². The molecule has 0 aliphatic carbocycles. The zero-order chi connectivity index (χ0) is 21.0. The lowest BCUT2D eigenvalue weighted by molar-refractivity contribution is -0.274. The second kappa shape index (κ2) is 8.86. The number of carbonyl (C=O) groups is 1. The zero-order valence-electron chi connectivity index (χ0n) is 16.6. The summed E-state index contributed by atoms with van der Waals surface area (Å²) >= 11 is 0. The van der Waals surface area contributed by atoms with E-state index in [1.165, 1.54) is 23.3 Å². The van der Waals surface area contributed by atoms with Crippen molar-refractivity contribution in [3.63, 3.8) is 0 Å². The standard InChI is InChI=1S/C22H25F3N2O2/c1-15-10-17(7-6-16-4-3-5-20(11-16)29-22(23,24)25)8-9-18(15)12-27-13-19(14-27)21(28)26-2/h3-5,8-11,19H,6-7,12-14H2,1-2H3,(H,26,28). The quantitative estimate of drug-likeness (QED) is 0.759. The molecule has 1 N–H and O–H groups in total. The first kappa shape index (κ1) is 21.2. The maximum atomic E-state index is 12.4. The Kier molecular flexibility index (Phi) is 6.47. The minimum atomic E-state index is -4.68. The topological polar surface area (TPSA) is 41.6 Å². The number of aryl methyl sites for hydroxylation is 3. The molecule has 4 nitrogen and oxygen atoms in total. The maximum Gasteiger partial charge on any atom is 0.573 e. The van der Waals surface area contributed by atoms with Crippen LogP contribution in [0.2, 0.25) is 0 Å². The van der Waals surface area contributed by atoms with Gasteiger partial charge in [-0.25, -0.2) is 0 Å². The Bertz CT molecular complexity index is 861. The van der Waals surface area contributed by atoms with E-state index < -0.39 is 6.36 Å². The monoisotopic (exact) mass is 406 g/mol. The van der Waals surface area contributed by atoms with Gasteiger partial charge >= 0.3 is 6.36 Å². The van der Waals surface area contributed by atoms with Crippen LogP contribution in [0.1, 0.15) is 22.3 Å². The number of hydrogen-bond acceptors (Lipinski definition) is 3. The molecular formula is C22H25F3N2O2. The third-order valence-corrected chi connectivity index (χ3v) is 5.21. The van der Waals surface area contributed by atoms with E-state index in [9.17, 15) is 18.0 Å². The molecule has 2 aromatic carbocycles. The number of nitrogens with one attached hydrogen (secondary N) is 1. The van der Waals surface area contributed by atoms with Crippen molar-refractivity contribution < 1.29 is 22.7 Å². The number of likely N-dealkylation sites (tertiary alicyclic amines) is 1. The molecule has 2 aromatic rings. The molecule has 1 fully saturated rings. The summed E-state index contributed by atoms with van der Waals surface area (Å²) in [5.74, 6) is -0.0131. The van der Waals surface area contributed by atoms with Gasteiger partial charge in [-0.15, -0.1) is 13.2 Å². The predicted molar refractivity (Wildman–Crippen MR) is 105 cm³/mol. The summed E-state index contributed by atoms with van der Waals surface area (Å²) in [7, 11) is 1.66. The average molecular weight is 406 g/mol. The lowest BCUT2D eigenvalue weighted by Crippen LogP contribution is -2.52. The summed E-state index contributed by atoms with van der Waals surface area (Å²) in [6.45, 7) is 4.43. The van der Waals surface area contributed by atoms with Crippen LogP contribution in [0, 0.1) is 12.8 Å². The molecule has 29 heavy (non-hydrogen) atoms. The van der Waals surface area contributed by atoms with E-state index >= 15 is 0 Å². The molecule has 0 radical (unpaired) electrons. The summed E-state index contributed by atoms with van der Waals surface area (Å²) in [6, 6.07) is 12.4. The van der Waals surface area contributed by atoms with E-state index in [1.807, 2.05) is 0 Å². The number of halogens is 3. The summed E-state index contributed by atoms with van der Waals surface area (Å²) in [5, 5.41) is 2.68. The van der Waals surface area contributed by atoms with Crippen molar-refractivity contribution in [2.75, 3.05) is 20.1 Å². The van der Waals surface area contributed by atoms with Crippen LogP contribution in [0.25, 0.3) is 0 Å². The minimum absolute atomic E-state index is 0.0802. The van der Waals surface area contributed by atoms with Gasteiger partial charge in [0.1, 0.15) is 5.75 Å². The lowest BCUT2D eigenvalue weighted by atomic mass is 9.96. The largest absolute Gasteiger partial charge is 0.573 e. The number of amides is 1. The molecule has 0 saturated carbocycles. The fourth-order valence-corrected chi connectivity index (χ4v) is 3.59. The Morgan fingerprint density at radius 3 is 2.45 bits per heavy atom. The van der Waals surface area contributed by atoms with Gasteiger partial charge in [0.05, 0.1) is 5.92 Å². The number of carbonyl (C=O) groups excluding carboxylic acids is 1. The molecule has 1 saturated heterocycles. The molecule has 0 aromatic heterocycles. The Morgan fingerprint density at radius 1 is 1.14 bits per heavy atom. The molecule has 1 aliphatic heterocycles. The number of nitrogens with zero attached hydrogens (tertiary/aromatic N) is 1. The molecule has 0 spiro atoms. The SMILES string of the molecule is CNC(=O)C1CN(Cc2ccc(CCc3cccc(OC(F)(F)F)c3)cc2C)C1. The van der Waals surface area contributed by atoms with Crippen molar-refractivity contribution in [1.29, 1.82) is 0 Å². The summed E-state index contributed by atoms with van der Waals surface area (Å²) in [4.78, 5) is 13.8. The first-order valence-corrected chi connectivity index (χ1v) is 9.60. The second-order valence-corrected chi connectivity index (χ2v) is 7.46. The van der Waals surface area contributed by atoms with Crippen molar-refractivity contribution >= 4 is 5.91 Å². The van der Waals surface area contributed by atoms with E-state index in [0.29, 0.717) is 6.42 Å². The molecule has 156 valence electrons. The highest BCUT2D eigenvalue weighted by Crippen LogP contribution is 2.25. The Morgan fingerprint density at radius 2 is 1.83 bits per heavy atom. The van der Waals surface area contributed by atoms with Crippen LogP contribution < -0.4 is 10.1 Å². The first-order valence-electron chi connectivity index (χ1n) is 9.60. The summed E-state index contributed by atoms with van der Waals surface area (Å²) < 4.78 is 41.1. The number of alkyl halides is 3. The van der Waals surface area contributed by atoms with Crippen LogP contribution in [0.15, 0.2) is 42.5 Å². The third-order valence-electron chi connectivity index (χ3n) is 5.21. The zero-order valence-corrected chi connectivity index (χ0v) is 16.6. The van der Waals surface area contributed by atoms with Crippen molar-refractivity contribution in [1.82, 2.24) is 10.2 Å². The molecule has 0 atom stereocenters. The molecule has 1 aliphatic rings. The predicted octanol–water partition coefficient (Wildman–Crippen LogP) is 3.86. The second-order valence-electron chi connectivity index (χ2n) is 7.46. The van der Waals surface area contributed by atoms with Gasteiger partial charge in [-0.05, 0) is 54.2 Å². The van der Waals surface area contributed by atoms with Crippen molar-refractivity contribution in [3.05, 3.63) is 64.7 Å². The third kappa shape index (κ3) is 5.97. The number of benzene rings is 2. The van der Waals surface area contributed by atoms with Gasteiger partial charge < -0.3 is 10.1 Å². The maximum absolute atomic E-state index is 12.4. The molecule has 7 heteroatoms. The van der Waals surface area contributed by atoms with Gasteiger partial charge in [-0.1, -0.05) is 30.3 Å². The van der Waals surface area contributed by atoms with Gasteiger partial charge in [0.25, 0.3) is 0 Å². The van der Waals surface area contributed by atoms with E-state index in [0.717, 1.165) is 37.2 Å². The van der Waals surface area contributed by atoms with Gasteiger partial charge in [0, 0.05) is 26.7 Å². The van der Waals surface area contributed by atoms with Crippen molar-refractivity contribution in [2.24, 2.45) is 5.92 Å². The molecule has 3 rings (SSSR count). The average Bonchev–Trinajstić information content (AvgIpc) is 2.62. The normalized spacial score (nSPS) is 15.1. The fraction of sp³-hybridized carbons (Fsp3) is 0.409. The number of ether oxygens (including phenoxy) is 1. The van der Waals surface area contributed by atoms with Crippen LogP contribution in [-0.2, 0) is 24.2 Å². The van der Waals surface area contributed by atoms with Crippen molar-refractivity contribution in [2.45, 2.75) is 32.7 Å². The lowest BCUT2D eigenvalue weighted by Gasteiger charge is -2.38. The van der Waals surface area contributed by atoms with E-state index in [2.05, 4.69) is 40.1 Å². The molecule has 0 unspecified atom stereocenters. The highest BCUT2D eigenvalue weighted by atomic mass is 19.4. The summed E-state index contributed by atoms with van der Waals surface area (Å²) in [5.41, 5.74) is 4.35. The van der Waals surface area contributed by atoms with Crippen LogP contribution in [-0.4, -0.2) is 37.3 Å². The summed E-state index contributed by atoms with van der Waals surface area (Å²) in [6.07, 6.45) is -3.31. The number of hydrogen-bond donors (Lipinski definition) is 1. The highest BCUT2D eigenvalue weighted by Gasteiger charge is 2.32. The Hall–Kier alpha value is -2.54. The van der Waals surface area contributed by atoms with Crippen LogP contribution in [0.5, 0.6) is 5.75 Å². The fourth-order valence-electron chi connectivity index (χ4n) is 3.59. The van der Waals surface area contributed by atoms with E-state index in [1.54, 1.807) is 19.2 Å².